The summed E-state index contributed by atoms with van der Waals surface area (Å²) in [7, 11) is 0. The van der Waals surface area contributed by atoms with Crippen molar-refractivity contribution in [1.29, 1.82) is 0 Å². The SMILES string of the molecule is Cc1ccc(N2C(=O)NC(=O)/C(=C\c3ccc(Cc4ccccc4Cl)c(Br)c3)C2=O)c(C)c1. The quantitative estimate of drug-likeness (QED) is 0.338. The molecule has 1 N–H and O–H groups in total. The summed E-state index contributed by atoms with van der Waals surface area (Å²) in [5, 5.41) is 2.96. The fourth-order valence-corrected chi connectivity index (χ4v) is 4.48. The number of nitrogens with one attached hydrogen (secondary N) is 1. The van der Waals surface area contributed by atoms with Crippen LogP contribution in [0.5, 0.6) is 0 Å². The standard InChI is InChI=1S/C26H20BrClN2O3/c1-15-7-10-23(16(2)11-15)30-25(32)20(24(31)29-26(30)33)12-17-8-9-18(21(27)13-17)14-19-5-3-4-6-22(19)28/h3-13H,14H2,1-2H3,(H,29,31,33)/b20-12+. The second kappa shape index (κ2) is 9.33. The number of imide groups is 2. The van der Waals surface area contributed by atoms with Gasteiger partial charge in [-0.25, -0.2) is 9.69 Å². The molecule has 7 heteroatoms. The highest BCUT2D eigenvalue weighted by Crippen LogP contribution is 2.28. The predicted octanol–water partition coefficient (Wildman–Crippen LogP) is 5.98. The topological polar surface area (TPSA) is 66.5 Å². The average Bonchev–Trinajstić information content (AvgIpc) is 2.76. The third-order valence-corrected chi connectivity index (χ3v) is 6.53. The lowest BCUT2D eigenvalue weighted by Crippen LogP contribution is -2.54. The van der Waals surface area contributed by atoms with Crippen LogP contribution in [-0.4, -0.2) is 17.8 Å². The monoisotopic (exact) mass is 522 g/mol. The molecule has 0 saturated carbocycles. The molecule has 3 aromatic carbocycles. The Morgan fingerprint density at radius 1 is 0.970 bits per heavy atom. The number of halogens is 2. The molecule has 1 aliphatic heterocycles. The molecule has 0 aromatic heterocycles. The molecule has 166 valence electrons. The molecule has 1 fully saturated rings. The van der Waals surface area contributed by atoms with Gasteiger partial charge in [0, 0.05) is 15.9 Å². The van der Waals surface area contributed by atoms with Crippen molar-refractivity contribution in [3.8, 4) is 0 Å². The molecule has 0 bridgehead atoms. The summed E-state index contributed by atoms with van der Waals surface area (Å²) in [4.78, 5) is 39.1. The first-order valence-corrected chi connectivity index (χ1v) is 11.4. The first kappa shape index (κ1) is 23.0. The Balaban J connectivity index is 1.65. The minimum Gasteiger partial charge on any atom is -0.273 e. The van der Waals surface area contributed by atoms with E-state index >= 15 is 0 Å². The van der Waals surface area contributed by atoms with Crippen molar-refractivity contribution < 1.29 is 14.4 Å². The van der Waals surface area contributed by atoms with E-state index in [1.807, 2.05) is 68.4 Å². The number of nitrogens with zero attached hydrogens (tertiary/aromatic N) is 1. The summed E-state index contributed by atoms with van der Waals surface area (Å²) >= 11 is 9.85. The average molecular weight is 524 g/mol. The van der Waals surface area contributed by atoms with Gasteiger partial charge in [0.2, 0.25) is 0 Å². The predicted molar refractivity (Wildman–Crippen MR) is 133 cm³/mol. The van der Waals surface area contributed by atoms with Gasteiger partial charge in [-0.05, 0) is 60.4 Å². The largest absolute Gasteiger partial charge is 0.335 e. The van der Waals surface area contributed by atoms with E-state index < -0.39 is 17.8 Å². The molecule has 0 aliphatic carbocycles. The lowest BCUT2D eigenvalue weighted by Gasteiger charge is -2.27. The van der Waals surface area contributed by atoms with Gasteiger partial charge in [-0.2, -0.15) is 0 Å². The zero-order chi connectivity index (χ0) is 23.7. The molecule has 0 atom stereocenters. The second-order valence-corrected chi connectivity index (χ2v) is 9.13. The molecular weight excluding hydrogens is 504 g/mol. The van der Waals surface area contributed by atoms with E-state index in [1.165, 1.54) is 6.08 Å². The van der Waals surface area contributed by atoms with Crippen molar-refractivity contribution in [1.82, 2.24) is 5.32 Å². The maximum Gasteiger partial charge on any atom is 0.335 e. The van der Waals surface area contributed by atoms with E-state index in [2.05, 4.69) is 21.2 Å². The zero-order valence-corrected chi connectivity index (χ0v) is 20.3. The Kier molecular flexibility index (Phi) is 6.49. The number of aryl methyl sites for hydroxylation is 2. The molecule has 0 radical (unpaired) electrons. The van der Waals surface area contributed by atoms with Gasteiger partial charge in [-0.15, -0.1) is 0 Å². The van der Waals surface area contributed by atoms with E-state index in [1.54, 1.807) is 6.07 Å². The number of carbonyl (C=O) groups excluding carboxylic acids is 3. The van der Waals surface area contributed by atoms with E-state index in [4.69, 9.17) is 11.6 Å². The molecule has 1 aliphatic rings. The van der Waals surface area contributed by atoms with Crippen molar-refractivity contribution >= 4 is 57.1 Å². The Morgan fingerprint density at radius 2 is 1.73 bits per heavy atom. The van der Waals surface area contributed by atoms with Crippen LogP contribution in [-0.2, 0) is 16.0 Å². The van der Waals surface area contributed by atoms with Crippen LogP contribution < -0.4 is 10.2 Å². The number of hydrogen-bond acceptors (Lipinski definition) is 3. The number of barbiturate groups is 1. The van der Waals surface area contributed by atoms with Crippen molar-refractivity contribution in [2.75, 3.05) is 4.90 Å². The maximum atomic E-state index is 13.2. The van der Waals surface area contributed by atoms with Gasteiger partial charge in [0.25, 0.3) is 11.8 Å². The van der Waals surface area contributed by atoms with Crippen molar-refractivity contribution in [2.45, 2.75) is 20.3 Å². The van der Waals surface area contributed by atoms with Crippen molar-refractivity contribution in [3.05, 3.63) is 104 Å². The minimum absolute atomic E-state index is 0.111. The van der Waals surface area contributed by atoms with E-state index in [0.717, 1.165) is 31.6 Å². The third kappa shape index (κ3) is 4.77. The summed E-state index contributed by atoms with van der Waals surface area (Å²) in [6.45, 7) is 3.74. The van der Waals surface area contributed by atoms with Crippen LogP contribution in [0.1, 0.15) is 27.8 Å². The minimum atomic E-state index is -0.759. The highest BCUT2D eigenvalue weighted by molar-refractivity contribution is 9.10. The van der Waals surface area contributed by atoms with Crippen LogP contribution in [0.2, 0.25) is 5.02 Å². The summed E-state index contributed by atoms with van der Waals surface area (Å²) < 4.78 is 0.822. The van der Waals surface area contributed by atoms with Crippen molar-refractivity contribution in [2.24, 2.45) is 0 Å². The molecule has 3 aromatic rings. The Hall–Kier alpha value is -3.22. The Labute approximate surface area is 205 Å². The number of anilines is 1. The summed E-state index contributed by atoms with van der Waals surface area (Å²) in [6, 6.07) is 17.8. The number of benzene rings is 3. The molecule has 1 saturated heterocycles. The van der Waals surface area contributed by atoms with Gasteiger partial charge in [-0.3, -0.25) is 14.9 Å². The van der Waals surface area contributed by atoms with E-state index in [9.17, 15) is 14.4 Å². The fourth-order valence-electron chi connectivity index (χ4n) is 3.74. The molecule has 1 heterocycles. The van der Waals surface area contributed by atoms with Crippen molar-refractivity contribution in [3.63, 3.8) is 0 Å². The summed E-state index contributed by atoms with van der Waals surface area (Å²) in [5.41, 5.74) is 4.76. The van der Waals surface area contributed by atoms with Crippen LogP contribution in [0.4, 0.5) is 10.5 Å². The lowest BCUT2D eigenvalue weighted by molar-refractivity contribution is -0.122. The first-order chi connectivity index (χ1) is 15.7. The second-order valence-electron chi connectivity index (χ2n) is 7.87. The number of rotatable bonds is 4. The highest BCUT2D eigenvalue weighted by Gasteiger charge is 2.37. The van der Waals surface area contributed by atoms with Gasteiger partial charge >= 0.3 is 6.03 Å². The number of carbonyl (C=O) groups is 3. The Morgan fingerprint density at radius 3 is 2.42 bits per heavy atom. The van der Waals surface area contributed by atoms with Gasteiger partial charge in [0.1, 0.15) is 5.57 Å². The Bertz CT molecular complexity index is 1330. The fraction of sp³-hybridized carbons (Fsp3) is 0.115. The van der Waals surface area contributed by atoms with Crippen LogP contribution in [0, 0.1) is 13.8 Å². The molecule has 33 heavy (non-hydrogen) atoms. The maximum absolute atomic E-state index is 13.2. The van der Waals surface area contributed by atoms with Crippen LogP contribution in [0.3, 0.4) is 0 Å². The van der Waals surface area contributed by atoms with Gasteiger partial charge < -0.3 is 0 Å². The smallest absolute Gasteiger partial charge is 0.273 e. The van der Waals surface area contributed by atoms with Gasteiger partial charge in [0.15, 0.2) is 0 Å². The molecule has 0 spiro atoms. The highest BCUT2D eigenvalue weighted by atomic mass is 79.9. The van der Waals surface area contributed by atoms with Crippen LogP contribution in [0.25, 0.3) is 6.08 Å². The van der Waals surface area contributed by atoms with Gasteiger partial charge in [-0.1, -0.05) is 75.6 Å². The van der Waals surface area contributed by atoms with Gasteiger partial charge in [0.05, 0.1) is 5.69 Å². The summed E-state index contributed by atoms with van der Waals surface area (Å²) in [6.07, 6.45) is 2.12. The van der Waals surface area contributed by atoms with Crippen LogP contribution >= 0.6 is 27.5 Å². The number of hydrogen-bond donors (Lipinski definition) is 1. The molecule has 4 amide bonds. The van der Waals surface area contributed by atoms with E-state index in [-0.39, 0.29) is 5.57 Å². The molecule has 5 nitrogen and oxygen atoms in total. The third-order valence-electron chi connectivity index (χ3n) is 5.42. The lowest BCUT2D eigenvalue weighted by atomic mass is 10.0. The van der Waals surface area contributed by atoms with Crippen LogP contribution in [0.15, 0.2) is 70.7 Å². The normalized spacial score (nSPS) is 15.2. The summed E-state index contributed by atoms with van der Waals surface area (Å²) in [5.74, 6) is -1.38. The first-order valence-electron chi connectivity index (χ1n) is 10.2. The number of urea groups is 1. The number of amides is 4. The van der Waals surface area contributed by atoms with E-state index in [0.29, 0.717) is 22.7 Å². The zero-order valence-electron chi connectivity index (χ0n) is 18.0. The molecule has 4 rings (SSSR count). The molecule has 0 unspecified atom stereocenters. The molecular formula is C26H20BrClN2O3.